The molecule has 0 radical (unpaired) electrons. The van der Waals surface area contributed by atoms with Crippen LogP contribution in [0.4, 0.5) is 0 Å². The topological polar surface area (TPSA) is 57.2 Å². The number of hydrogen-bond donors (Lipinski definition) is 1. The fourth-order valence-corrected chi connectivity index (χ4v) is 4.38. The molecule has 0 aliphatic carbocycles. The van der Waals surface area contributed by atoms with Crippen LogP contribution < -0.4 is 5.32 Å². The number of hydrogen-bond acceptors (Lipinski definition) is 3. The Kier molecular flexibility index (Phi) is 6.20. The number of aliphatic imine (C=N–C) groups is 1. The molecule has 0 bridgehead atoms. The highest BCUT2D eigenvalue weighted by Gasteiger charge is 2.42. The Morgan fingerprint density at radius 3 is 2.92 bits per heavy atom. The van der Waals surface area contributed by atoms with Gasteiger partial charge in [0.05, 0.1) is 13.2 Å². The summed E-state index contributed by atoms with van der Waals surface area (Å²) in [5, 5.41) is 3.40. The van der Waals surface area contributed by atoms with Crippen molar-refractivity contribution in [3.63, 3.8) is 0 Å². The van der Waals surface area contributed by atoms with Crippen LogP contribution in [-0.2, 0) is 9.53 Å². The molecule has 6 nitrogen and oxygen atoms in total. The van der Waals surface area contributed by atoms with Crippen LogP contribution in [0.3, 0.4) is 0 Å². The highest BCUT2D eigenvalue weighted by Crippen LogP contribution is 2.38. The van der Waals surface area contributed by atoms with Crippen LogP contribution in [0.25, 0.3) is 0 Å². The van der Waals surface area contributed by atoms with Crippen molar-refractivity contribution in [1.29, 1.82) is 0 Å². The predicted molar refractivity (Wildman–Crippen MR) is 99.7 cm³/mol. The van der Waals surface area contributed by atoms with Crippen LogP contribution in [0, 0.1) is 5.41 Å². The molecule has 3 aliphatic rings. The lowest BCUT2D eigenvalue weighted by atomic mass is 9.87. The fraction of sp³-hybridized carbons (Fsp3) is 0.895. The molecule has 3 heterocycles. The van der Waals surface area contributed by atoms with Crippen LogP contribution in [0.5, 0.6) is 0 Å². The molecule has 3 saturated heterocycles. The van der Waals surface area contributed by atoms with Crippen molar-refractivity contribution in [2.45, 2.75) is 58.4 Å². The number of nitrogens with one attached hydrogen (secondary N) is 1. The monoisotopic (exact) mass is 350 g/mol. The molecule has 1 spiro atoms. The lowest BCUT2D eigenvalue weighted by Crippen LogP contribution is -2.43. The molecule has 0 saturated carbocycles. The van der Waals surface area contributed by atoms with Gasteiger partial charge >= 0.3 is 0 Å². The minimum atomic E-state index is 0.258. The Bertz CT molecular complexity index is 488. The molecular weight excluding hydrogens is 316 g/mol. The maximum atomic E-state index is 12.5. The number of rotatable bonds is 4. The van der Waals surface area contributed by atoms with Gasteiger partial charge in [0.1, 0.15) is 0 Å². The van der Waals surface area contributed by atoms with Crippen molar-refractivity contribution >= 4 is 11.9 Å². The molecule has 3 fully saturated rings. The van der Waals surface area contributed by atoms with Crippen molar-refractivity contribution in [3.05, 3.63) is 0 Å². The van der Waals surface area contributed by atoms with Gasteiger partial charge in [-0.1, -0.05) is 0 Å². The normalized spacial score (nSPS) is 30.3. The van der Waals surface area contributed by atoms with Gasteiger partial charge in [-0.05, 0) is 46.0 Å². The lowest BCUT2D eigenvalue weighted by Gasteiger charge is -2.33. The standard InChI is InChI=1S/C19H34N4O2/c1-3-20-18(22-12-8-19(14-22)9-13-25-15-19)21-10-7-17(24)23-11-5-4-6-16(23)2/h16H,3-15H2,1-2H3,(H,20,21). The zero-order chi connectivity index (χ0) is 17.7. The number of carbonyl (C=O) groups is 1. The highest BCUT2D eigenvalue weighted by atomic mass is 16.5. The first-order valence-corrected chi connectivity index (χ1v) is 10.0. The van der Waals surface area contributed by atoms with E-state index in [1.165, 1.54) is 12.8 Å². The zero-order valence-electron chi connectivity index (χ0n) is 15.9. The van der Waals surface area contributed by atoms with Crippen LogP contribution in [0.2, 0.25) is 0 Å². The molecule has 0 aromatic carbocycles. The second-order valence-electron chi connectivity index (χ2n) is 7.89. The molecule has 3 rings (SSSR count). The zero-order valence-corrected chi connectivity index (χ0v) is 15.9. The number of amides is 1. The van der Waals surface area contributed by atoms with E-state index < -0.39 is 0 Å². The van der Waals surface area contributed by atoms with Crippen LogP contribution in [-0.4, -0.2) is 73.6 Å². The smallest absolute Gasteiger partial charge is 0.224 e. The number of guanidine groups is 1. The maximum absolute atomic E-state index is 12.5. The average Bonchev–Trinajstić information content (AvgIpc) is 3.24. The summed E-state index contributed by atoms with van der Waals surface area (Å²) in [6, 6.07) is 0.388. The van der Waals surface area contributed by atoms with Crippen molar-refractivity contribution in [2.75, 3.05) is 45.9 Å². The first-order valence-electron chi connectivity index (χ1n) is 10.0. The maximum Gasteiger partial charge on any atom is 0.224 e. The quantitative estimate of drug-likeness (QED) is 0.621. The molecule has 0 aromatic rings. The molecule has 1 N–H and O–H groups in total. The molecule has 0 aromatic heterocycles. The van der Waals surface area contributed by atoms with Crippen LogP contribution >= 0.6 is 0 Å². The van der Waals surface area contributed by atoms with Gasteiger partial charge in [-0.2, -0.15) is 0 Å². The fourth-order valence-electron chi connectivity index (χ4n) is 4.38. The van der Waals surface area contributed by atoms with Crippen molar-refractivity contribution in [1.82, 2.24) is 15.1 Å². The van der Waals surface area contributed by atoms with Gasteiger partial charge in [-0.3, -0.25) is 9.79 Å². The van der Waals surface area contributed by atoms with Gasteiger partial charge in [0.25, 0.3) is 0 Å². The van der Waals surface area contributed by atoms with Crippen LogP contribution in [0.15, 0.2) is 4.99 Å². The summed E-state index contributed by atoms with van der Waals surface area (Å²) in [6.07, 6.45) is 6.38. The molecule has 25 heavy (non-hydrogen) atoms. The predicted octanol–water partition coefficient (Wildman–Crippen LogP) is 1.86. The van der Waals surface area contributed by atoms with E-state index in [4.69, 9.17) is 9.73 Å². The third-order valence-corrected chi connectivity index (χ3v) is 5.97. The Morgan fingerprint density at radius 1 is 1.32 bits per heavy atom. The Balaban J connectivity index is 1.53. The summed E-state index contributed by atoms with van der Waals surface area (Å²) >= 11 is 0. The molecule has 6 heteroatoms. The minimum Gasteiger partial charge on any atom is -0.381 e. The second kappa shape index (κ2) is 8.39. The summed E-state index contributed by atoms with van der Waals surface area (Å²) in [7, 11) is 0. The van der Waals surface area contributed by atoms with Crippen molar-refractivity contribution in [2.24, 2.45) is 10.4 Å². The van der Waals surface area contributed by atoms with E-state index in [2.05, 4.69) is 24.1 Å². The minimum absolute atomic E-state index is 0.258. The lowest BCUT2D eigenvalue weighted by molar-refractivity contribution is -0.134. The summed E-state index contributed by atoms with van der Waals surface area (Å²) < 4.78 is 5.62. The number of nitrogens with zero attached hydrogens (tertiary/aromatic N) is 3. The van der Waals surface area contributed by atoms with Gasteiger partial charge in [-0.15, -0.1) is 0 Å². The van der Waals surface area contributed by atoms with E-state index in [0.29, 0.717) is 24.4 Å². The van der Waals surface area contributed by atoms with Crippen LogP contribution in [0.1, 0.15) is 52.4 Å². The molecule has 1 amide bonds. The third kappa shape index (κ3) is 4.46. The number of ether oxygens (including phenoxy) is 1. The van der Waals surface area contributed by atoms with Gasteiger partial charge in [-0.25, -0.2) is 0 Å². The third-order valence-electron chi connectivity index (χ3n) is 5.97. The molecule has 142 valence electrons. The molecule has 3 aliphatic heterocycles. The molecular formula is C19H34N4O2. The Hall–Kier alpha value is -1.30. The Labute approximate surface area is 152 Å². The van der Waals surface area contributed by atoms with Gasteiger partial charge in [0, 0.05) is 50.7 Å². The largest absolute Gasteiger partial charge is 0.381 e. The van der Waals surface area contributed by atoms with Crippen molar-refractivity contribution in [3.8, 4) is 0 Å². The molecule has 2 unspecified atom stereocenters. The van der Waals surface area contributed by atoms with Crippen molar-refractivity contribution < 1.29 is 9.53 Å². The summed E-state index contributed by atoms with van der Waals surface area (Å²) in [6.45, 7) is 10.4. The van der Waals surface area contributed by atoms with E-state index in [1.54, 1.807) is 0 Å². The molecule has 2 atom stereocenters. The first kappa shape index (κ1) is 18.5. The van der Waals surface area contributed by atoms with E-state index in [0.717, 1.165) is 64.6 Å². The van der Waals surface area contributed by atoms with E-state index in [9.17, 15) is 4.79 Å². The Morgan fingerprint density at radius 2 is 2.20 bits per heavy atom. The van der Waals surface area contributed by atoms with E-state index in [-0.39, 0.29) is 5.91 Å². The first-order chi connectivity index (χ1) is 12.1. The van der Waals surface area contributed by atoms with E-state index >= 15 is 0 Å². The van der Waals surface area contributed by atoms with Gasteiger partial charge in [0.15, 0.2) is 5.96 Å². The highest BCUT2D eigenvalue weighted by molar-refractivity contribution is 5.81. The summed E-state index contributed by atoms with van der Waals surface area (Å²) in [5.41, 5.74) is 0.329. The van der Waals surface area contributed by atoms with Gasteiger partial charge in [0.2, 0.25) is 5.91 Å². The average molecular weight is 351 g/mol. The number of piperidine rings is 1. The van der Waals surface area contributed by atoms with E-state index in [1.807, 2.05) is 4.90 Å². The summed E-state index contributed by atoms with van der Waals surface area (Å²) in [4.78, 5) is 21.6. The van der Waals surface area contributed by atoms with Gasteiger partial charge < -0.3 is 19.9 Å². The summed E-state index contributed by atoms with van der Waals surface area (Å²) in [5.74, 6) is 1.22. The SMILES string of the molecule is CCNC(=NCCC(=O)N1CCCCC1C)N1CCC2(CCOC2)C1. The number of likely N-dealkylation sites (tertiary alicyclic amines) is 2. The number of carbonyl (C=O) groups excluding carboxylic acids is 1. The second-order valence-corrected chi connectivity index (χ2v) is 7.89.